The van der Waals surface area contributed by atoms with E-state index in [1.54, 1.807) is 0 Å². The van der Waals surface area contributed by atoms with Crippen LogP contribution in [-0.4, -0.2) is 14.4 Å². The summed E-state index contributed by atoms with van der Waals surface area (Å²) in [6.07, 6.45) is 2.72. The van der Waals surface area contributed by atoms with Crippen molar-refractivity contribution in [2.75, 3.05) is 0 Å². The van der Waals surface area contributed by atoms with Gasteiger partial charge in [0.15, 0.2) is 0 Å². The lowest BCUT2D eigenvalue weighted by molar-refractivity contribution is -0.129. The number of hydrogen-bond donors (Lipinski definition) is 0. The summed E-state index contributed by atoms with van der Waals surface area (Å²) in [6.45, 7) is 0. The van der Waals surface area contributed by atoms with Gasteiger partial charge in [-0.05, 0) is 25.7 Å². The Hall–Kier alpha value is -0.840. The Balaban J connectivity index is 2.55. The molecule has 0 aromatic carbocycles. The van der Waals surface area contributed by atoms with E-state index in [0.717, 1.165) is 12.8 Å². The Labute approximate surface area is 70.3 Å². The maximum atomic E-state index is 11.1. The Bertz CT molecular complexity index is 363. The quantitative estimate of drug-likeness (QED) is 0.525. The molecule has 0 saturated carbocycles. The molecule has 66 valence electrons. The number of carbonyl (C=O) groups is 1. The van der Waals surface area contributed by atoms with Gasteiger partial charge in [0.05, 0.1) is 10.5 Å². The molecule has 0 saturated heterocycles. The highest BCUT2D eigenvalue weighted by atomic mass is 32.2. The van der Waals surface area contributed by atoms with E-state index < -0.39 is 16.1 Å². The molecule has 0 amide bonds. The third-order valence-electron chi connectivity index (χ3n) is 2.15. The van der Waals surface area contributed by atoms with Crippen LogP contribution < -0.4 is 0 Å². The highest BCUT2D eigenvalue weighted by Gasteiger charge is 2.38. The van der Waals surface area contributed by atoms with Crippen molar-refractivity contribution in [1.82, 2.24) is 0 Å². The number of hydrogen-bond acceptors (Lipinski definition) is 4. The Morgan fingerprint density at radius 1 is 1.17 bits per heavy atom. The summed E-state index contributed by atoms with van der Waals surface area (Å²) < 4.78 is 26.5. The fourth-order valence-corrected chi connectivity index (χ4v) is 2.85. The number of allylic oxidation sites excluding steroid dienone is 1. The third kappa shape index (κ3) is 0.964. The Morgan fingerprint density at radius 3 is 2.50 bits per heavy atom. The Morgan fingerprint density at radius 2 is 1.83 bits per heavy atom. The molecule has 0 N–H and O–H groups in total. The standard InChI is InChI=1S/C7H8O4S/c8-7-5-3-1-2-4-6(5)12(9,10)11-7/h1-4H2. The summed E-state index contributed by atoms with van der Waals surface area (Å²) in [5.74, 6) is -0.662. The molecular weight excluding hydrogens is 180 g/mol. The lowest BCUT2D eigenvalue weighted by Crippen LogP contribution is -2.03. The first-order chi connectivity index (χ1) is 5.61. The normalized spacial score (nSPS) is 26.8. The van der Waals surface area contributed by atoms with E-state index in [9.17, 15) is 13.2 Å². The van der Waals surface area contributed by atoms with Gasteiger partial charge in [-0.1, -0.05) is 0 Å². The van der Waals surface area contributed by atoms with Crippen molar-refractivity contribution in [2.24, 2.45) is 0 Å². The number of rotatable bonds is 0. The van der Waals surface area contributed by atoms with Crippen LogP contribution >= 0.6 is 0 Å². The maximum absolute atomic E-state index is 11.1. The van der Waals surface area contributed by atoms with Crippen molar-refractivity contribution < 1.29 is 17.4 Å². The van der Waals surface area contributed by atoms with Crippen LogP contribution in [-0.2, 0) is 19.1 Å². The molecule has 0 aromatic heterocycles. The topological polar surface area (TPSA) is 60.4 Å². The lowest BCUT2D eigenvalue weighted by Gasteiger charge is -2.07. The molecule has 1 aliphatic heterocycles. The van der Waals surface area contributed by atoms with Gasteiger partial charge >= 0.3 is 16.1 Å². The van der Waals surface area contributed by atoms with Crippen molar-refractivity contribution in [1.29, 1.82) is 0 Å². The van der Waals surface area contributed by atoms with Gasteiger partial charge < -0.3 is 4.18 Å². The summed E-state index contributed by atoms with van der Waals surface area (Å²) >= 11 is 0. The van der Waals surface area contributed by atoms with Crippen LogP contribution in [0.3, 0.4) is 0 Å². The fraction of sp³-hybridized carbons (Fsp3) is 0.571. The minimum atomic E-state index is -3.67. The van der Waals surface area contributed by atoms with Crippen LogP contribution in [0.4, 0.5) is 0 Å². The largest absolute Gasteiger partial charge is 0.351 e. The molecule has 0 fully saturated rings. The van der Waals surface area contributed by atoms with Gasteiger partial charge in [0, 0.05) is 0 Å². The van der Waals surface area contributed by atoms with Crippen LogP contribution in [0, 0.1) is 0 Å². The first-order valence-electron chi connectivity index (χ1n) is 3.82. The molecule has 0 bridgehead atoms. The van der Waals surface area contributed by atoms with E-state index in [4.69, 9.17) is 0 Å². The zero-order chi connectivity index (χ0) is 8.77. The molecular formula is C7H8O4S. The van der Waals surface area contributed by atoms with Gasteiger partial charge in [-0.2, -0.15) is 8.42 Å². The molecule has 5 heteroatoms. The molecule has 1 aliphatic carbocycles. The van der Waals surface area contributed by atoms with E-state index in [-0.39, 0.29) is 4.91 Å². The summed E-state index contributed by atoms with van der Waals surface area (Å²) in [4.78, 5) is 11.2. The predicted octanol–water partition coefficient (Wildman–Crippen LogP) is 0.701. The minimum Gasteiger partial charge on any atom is -0.338 e. The van der Waals surface area contributed by atoms with Crippen LogP contribution in [0.5, 0.6) is 0 Å². The monoisotopic (exact) mass is 188 g/mol. The van der Waals surface area contributed by atoms with E-state index in [1.165, 1.54) is 0 Å². The fourth-order valence-electron chi connectivity index (χ4n) is 1.57. The third-order valence-corrected chi connectivity index (χ3v) is 3.58. The van der Waals surface area contributed by atoms with Crippen LogP contribution in [0.15, 0.2) is 10.5 Å². The van der Waals surface area contributed by atoms with Crippen LogP contribution in [0.25, 0.3) is 0 Å². The first kappa shape index (κ1) is 7.79. The summed E-state index contributed by atoms with van der Waals surface area (Å²) in [5.41, 5.74) is 0.376. The molecule has 2 rings (SSSR count). The molecule has 4 nitrogen and oxygen atoms in total. The summed E-state index contributed by atoms with van der Waals surface area (Å²) in [7, 11) is -3.67. The summed E-state index contributed by atoms with van der Waals surface area (Å²) in [5, 5.41) is 0. The van der Waals surface area contributed by atoms with Gasteiger partial charge in [-0.25, -0.2) is 4.79 Å². The molecule has 0 atom stereocenters. The molecule has 12 heavy (non-hydrogen) atoms. The summed E-state index contributed by atoms with van der Waals surface area (Å²) in [6, 6.07) is 0. The second kappa shape index (κ2) is 2.32. The Kier molecular flexibility index (Phi) is 1.51. The van der Waals surface area contributed by atoms with Crippen LogP contribution in [0.1, 0.15) is 25.7 Å². The van der Waals surface area contributed by atoms with Crippen molar-refractivity contribution >= 4 is 16.1 Å². The molecule has 1 heterocycles. The van der Waals surface area contributed by atoms with Crippen LogP contribution in [0.2, 0.25) is 0 Å². The molecule has 2 aliphatic rings. The smallest absolute Gasteiger partial charge is 0.338 e. The lowest BCUT2D eigenvalue weighted by atomic mass is 10.00. The van der Waals surface area contributed by atoms with Gasteiger partial charge in [0.25, 0.3) is 0 Å². The highest BCUT2D eigenvalue weighted by Crippen LogP contribution is 2.35. The van der Waals surface area contributed by atoms with Crippen molar-refractivity contribution in [3.63, 3.8) is 0 Å². The predicted molar refractivity (Wildman–Crippen MR) is 40.5 cm³/mol. The zero-order valence-electron chi connectivity index (χ0n) is 6.37. The first-order valence-corrected chi connectivity index (χ1v) is 5.23. The molecule has 0 radical (unpaired) electrons. The van der Waals surface area contributed by atoms with Gasteiger partial charge in [0.2, 0.25) is 0 Å². The van der Waals surface area contributed by atoms with E-state index in [0.29, 0.717) is 18.4 Å². The van der Waals surface area contributed by atoms with Crippen molar-refractivity contribution in [3.05, 3.63) is 10.5 Å². The highest BCUT2D eigenvalue weighted by molar-refractivity contribution is 7.91. The number of carbonyl (C=O) groups excluding carboxylic acids is 1. The molecule has 0 spiro atoms. The van der Waals surface area contributed by atoms with Crippen molar-refractivity contribution in [2.45, 2.75) is 25.7 Å². The minimum absolute atomic E-state index is 0.221. The van der Waals surface area contributed by atoms with Gasteiger partial charge in [0.1, 0.15) is 0 Å². The van der Waals surface area contributed by atoms with E-state index in [2.05, 4.69) is 4.18 Å². The van der Waals surface area contributed by atoms with E-state index in [1.807, 2.05) is 0 Å². The second-order valence-electron chi connectivity index (χ2n) is 2.93. The SMILES string of the molecule is O=C1OS(=O)(=O)C2=C1CCCC2. The average molecular weight is 188 g/mol. The zero-order valence-corrected chi connectivity index (χ0v) is 7.19. The van der Waals surface area contributed by atoms with Gasteiger partial charge in [-0.3, -0.25) is 0 Å². The van der Waals surface area contributed by atoms with E-state index >= 15 is 0 Å². The molecule has 0 unspecified atom stereocenters. The molecule has 0 aromatic rings. The maximum Gasteiger partial charge on any atom is 0.351 e. The average Bonchev–Trinajstić information content (AvgIpc) is 2.25. The van der Waals surface area contributed by atoms with Gasteiger partial charge in [-0.15, -0.1) is 0 Å². The second-order valence-corrected chi connectivity index (χ2v) is 4.50. The van der Waals surface area contributed by atoms with Crippen molar-refractivity contribution in [3.8, 4) is 0 Å².